The molecule has 0 bridgehead atoms. The number of hydrogen-bond donors (Lipinski definition) is 1. The van der Waals surface area contributed by atoms with Crippen molar-refractivity contribution in [3.63, 3.8) is 0 Å². The molecule has 1 aliphatic heterocycles. The lowest BCUT2D eigenvalue weighted by Gasteiger charge is -2.29. The molecule has 2 heterocycles. The summed E-state index contributed by atoms with van der Waals surface area (Å²) in [5.74, 6) is 1.75. The molecule has 2 unspecified atom stereocenters. The van der Waals surface area contributed by atoms with E-state index in [1.54, 1.807) is 0 Å². The van der Waals surface area contributed by atoms with E-state index in [2.05, 4.69) is 41.9 Å². The summed E-state index contributed by atoms with van der Waals surface area (Å²) in [5.41, 5.74) is 3.79. The number of benzene rings is 1. The Morgan fingerprint density at radius 1 is 1.12 bits per heavy atom. The van der Waals surface area contributed by atoms with Crippen LogP contribution in [0.5, 0.6) is 11.6 Å². The fourth-order valence-electron chi connectivity index (χ4n) is 3.66. The summed E-state index contributed by atoms with van der Waals surface area (Å²) in [6, 6.07) is 10.5. The lowest BCUT2D eigenvalue weighted by atomic mass is 10.1. The summed E-state index contributed by atoms with van der Waals surface area (Å²) < 4.78 is 6.16. The molecule has 3 rings (SSSR count). The van der Waals surface area contributed by atoms with Crippen LogP contribution in [0.4, 0.5) is 0 Å². The van der Waals surface area contributed by atoms with Gasteiger partial charge in [0.15, 0.2) is 5.84 Å². The van der Waals surface area contributed by atoms with Gasteiger partial charge < -0.3 is 14.8 Å². The van der Waals surface area contributed by atoms with Crippen LogP contribution in [-0.2, 0) is 0 Å². The third kappa shape index (κ3) is 3.52. The van der Waals surface area contributed by atoms with Crippen molar-refractivity contribution in [3.8, 4) is 11.6 Å². The normalized spacial score (nSPS) is 20.5. The molecule has 1 aromatic heterocycles. The van der Waals surface area contributed by atoms with Gasteiger partial charge in [-0.05, 0) is 71.2 Å². The molecule has 1 N–H and O–H groups in total. The number of likely N-dealkylation sites (tertiary alicyclic amines) is 1. The highest BCUT2D eigenvalue weighted by Gasteiger charge is 2.33. The standard InChI is InChI=1S/C21H27N3O2/c1-13-6-11-19(14(2)12-13)26-21-18(10-7-15(3)22-21)20(23-25)24-16(4)8-9-17(24)5/h6-7,10-12,16-17,25H,8-9H2,1-5H3/b23-20-. The first-order valence-corrected chi connectivity index (χ1v) is 9.14. The molecule has 1 aromatic carbocycles. The zero-order chi connectivity index (χ0) is 18.8. The molecule has 138 valence electrons. The van der Waals surface area contributed by atoms with E-state index in [4.69, 9.17) is 4.74 Å². The number of oxime groups is 1. The Morgan fingerprint density at radius 3 is 2.42 bits per heavy atom. The molecule has 2 aromatic rings. The lowest BCUT2D eigenvalue weighted by molar-refractivity contribution is 0.282. The first-order valence-electron chi connectivity index (χ1n) is 9.14. The molecule has 1 aliphatic rings. The van der Waals surface area contributed by atoms with Gasteiger partial charge in [0, 0.05) is 17.8 Å². The number of hydrogen-bond acceptors (Lipinski definition) is 4. The first kappa shape index (κ1) is 18.2. The van der Waals surface area contributed by atoms with E-state index in [-0.39, 0.29) is 0 Å². The van der Waals surface area contributed by atoms with Gasteiger partial charge in [0.2, 0.25) is 5.88 Å². The predicted octanol–water partition coefficient (Wildman–Crippen LogP) is 4.81. The second-order valence-electron chi connectivity index (χ2n) is 7.28. The first-order chi connectivity index (χ1) is 12.4. The van der Waals surface area contributed by atoms with Gasteiger partial charge in [-0.1, -0.05) is 22.9 Å². The number of ether oxygens (including phenoxy) is 1. The van der Waals surface area contributed by atoms with E-state index in [1.807, 2.05) is 38.1 Å². The molecule has 1 fully saturated rings. The van der Waals surface area contributed by atoms with Crippen molar-refractivity contribution >= 4 is 5.84 Å². The minimum atomic E-state index is 0.311. The maximum Gasteiger partial charge on any atom is 0.230 e. The zero-order valence-electron chi connectivity index (χ0n) is 16.2. The monoisotopic (exact) mass is 353 g/mol. The maximum atomic E-state index is 9.79. The summed E-state index contributed by atoms with van der Waals surface area (Å²) >= 11 is 0. The third-order valence-electron chi connectivity index (χ3n) is 5.07. The average Bonchev–Trinajstić information content (AvgIpc) is 2.92. The van der Waals surface area contributed by atoms with Gasteiger partial charge in [-0.15, -0.1) is 0 Å². The van der Waals surface area contributed by atoms with Crippen molar-refractivity contribution < 1.29 is 9.94 Å². The maximum absolute atomic E-state index is 9.79. The Balaban J connectivity index is 2.02. The molecule has 26 heavy (non-hydrogen) atoms. The van der Waals surface area contributed by atoms with Gasteiger partial charge in [0.1, 0.15) is 5.75 Å². The van der Waals surface area contributed by atoms with Crippen LogP contribution >= 0.6 is 0 Å². The number of pyridine rings is 1. The van der Waals surface area contributed by atoms with Crippen LogP contribution in [0.15, 0.2) is 35.5 Å². The van der Waals surface area contributed by atoms with Crippen molar-refractivity contribution in [2.75, 3.05) is 0 Å². The highest BCUT2D eigenvalue weighted by molar-refractivity contribution is 6.01. The molecule has 0 saturated carbocycles. The van der Waals surface area contributed by atoms with E-state index in [9.17, 15) is 5.21 Å². The van der Waals surface area contributed by atoms with Crippen LogP contribution in [0.25, 0.3) is 0 Å². The van der Waals surface area contributed by atoms with Gasteiger partial charge in [-0.2, -0.15) is 0 Å². The second kappa shape index (κ2) is 7.36. The molecular formula is C21H27N3O2. The van der Waals surface area contributed by atoms with Crippen molar-refractivity contribution in [1.82, 2.24) is 9.88 Å². The van der Waals surface area contributed by atoms with Crippen molar-refractivity contribution in [1.29, 1.82) is 0 Å². The van der Waals surface area contributed by atoms with Gasteiger partial charge in [0.25, 0.3) is 0 Å². The summed E-state index contributed by atoms with van der Waals surface area (Å²) in [6.07, 6.45) is 2.15. The van der Waals surface area contributed by atoms with Crippen LogP contribution < -0.4 is 4.74 Å². The molecule has 5 heteroatoms. The number of rotatable bonds is 3. The van der Waals surface area contributed by atoms with E-state index in [0.717, 1.165) is 29.8 Å². The van der Waals surface area contributed by atoms with Crippen LogP contribution in [0.3, 0.4) is 0 Å². The number of aryl methyl sites for hydroxylation is 3. The van der Waals surface area contributed by atoms with Crippen molar-refractivity contribution in [3.05, 3.63) is 52.7 Å². The van der Waals surface area contributed by atoms with Crippen LogP contribution in [-0.4, -0.2) is 33.0 Å². The summed E-state index contributed by atoms with van der Waals surface area (Å²) in [5, 5.41) is 13.4. The molecule has 0 spiro atoms. The SMILES string of the molecule is Cc1ccc(Oc2nc(C)ccc2/C(=N/O)N2C(C)CCC2C)c(C)c1. The Bertz CT molecular complexity index is 822. The van der Waals surface area contributed by atoms with E-state index >= 15 is 0 Å². The fraction of sp³-hybridized carbons (Fsp3) is 0.429. The molecular weight excluding hydrogens is 326 g/mol. The van der Waals surface area contributed by atoms with E-state index in [0.29, 0.717) is 29.4 Å². The molecule has 5 nitrogen and oxygen atoms in total. The minimum Gasteiger partial charge on any atom is -0.438 e. The molecule has 1 saturated heterocycles. The number of nitrogens with zero attached hydrogens (tertiary/aromatic N) is 3. The topological polar surface area (TPSA) is 58.0 Å². The molecule has 0 amide bonds. The van der Waals surface area contributed by atoms with E-state index < -0.39 is 0 Å². The Morgan fingerprint density at radius 2 is 1.81 bits per heavy atom. The van der Waals surface area contributed by atoms with Crippen molar-refractivity contribution in [2.45, 2.75) is 59.5 Å². The van der Waals surface area contributed by atoms with Crippen LogP contribution in [0, 0.1) is 20.8 Å². The lowest BCUT2D eigenvalue weighted by Crippen LogP contribution is -2.39. The predicted molar refractivity (Wildman–Crippen MR) is 103 cm³/mol. The highest BCUT2D eigenvalue weighted by atomic mass is 16.5. The van der Waals surface area contributed by atoms with Gasteiger partial charge >= 0.3 is 0 Å². The van der Waals surface area contributed by atoms with Crippen molar-refractivity contribution in [2.24, 2.45) is 5.16 Å². The smallest absolute Gasteiger partial charge is 0.230 e. The summed E-state index contributed by atoms with van der Waals surface area (Å²) in [7, 11) is 0. The highest BCUT2D eigenvalue weighted by Crippen LogP contribution is 2.32. The molecule has 0 radical (unpaired) electrons. The number of aromatic nitrogens is 1. The Labute approximate surface area is 155 Å². The van der Waals surface area contributed by atoms with Gasteiger partial charge in [-0.3, -0.25) is 0 Å². The van der Waals surface area contributed by atoms with Crippen LogP contribution in [0.2, 0.25) is 0 Å². The fourth-order valence-corrected chi connectivity index (χ4v) is 3.66. The van der Waals surface area contributed by atoms with Gasteiger partial charge in [-0.25, -0.2) is 4.98 Å². The third-order valence-corrected chi connectivity index (χ3v) is 5.07. The second-order valence-corrected chi connectivity index (χ2v) is 7.28. The molecule has 2 atom stereocenters. The number of amidine groups is 1. The molecule has 0 aliphatic carbocycles. The Hall–Kier alpha value is -2.56. The minimum absolute atomic E-state index is 0.311. The van der Waals surface area contributed by atoms with Gasteiger partial charge in [0.05, 0.1) is 5.56 Å². The largest absolute Gasteiger partial charge is 0.438 e. The average molecular weight is 353 g/mol. The zero-order valence-corrected chi connectivity index (χ0v) is 16.2. The van der Waals surface area contributed by atoms with Crippen LogP contribution in [0.1, 0.15) is 49.1 Å². The quantitative estimate of drug-likeness (QED) is 0.372. The summed E-state index contributed by atoms with van der Waals surface area (Å²) in [4.78, 5) is 6.74. The Kier molecular flexibility index (Phi) is 5.16. The van der Waals surface area contributed by atoms with E-state index in [1.165, 1.54) is 5.56 Å². The summed E-state index contributed by atoms with van der Waals surface area (Å²) in [6.45, 7) is 10.3.